The Hall–Kier alpha value is -3.46. The predicted octanol–water partition coefficient (Wildman–Crippen LogP) is 5.34. The molecule has 6 rings (SSSR count). The summed E-state index contributed by atoms with van der Waals surface area (Å²) in [5, 5.41) is 4.60. The highest BCUT2D eigenvalue weighted by Gasteiger charge is 2.15. The summed E-state index contributed by atoms with van der Waals surface area (Å²) in [5.41, 5.74) is 5.26. The maximum Gasteiger partial charge on any atom is 0.148 e. The van der Waals surface area contributed by atoms with E-state index in [0.29, 0.717) is 0 Å². The number of benzene rings is 3. The first-order chi connectivity index (χ1) is 12.4. The van der Waals surface area contributed by atoms with Crippen LogP contribution in [0.1, 0.15) is 0 Å². The Morgan fingerprint density at radius 3 is 2.32 bits per heavy atom. The molecule has 0 radical (unpaired) electrons. The molecule has 0 amide bonds. The Morgan fingerprint density at radius 1 is 0.680 bits per heavy atom. The van der Waals surface area contributed by atoms with E-state index in [1.807, 2.05) is 12.3 Å². The van der Waals surface area contributed by atoms with Gasteiger partial charge in [-0.2, -0.15) is 0 Å². The monoisotopic (exact) mass is 319 g/mol. The average molecular weight is 319 g/mol. The fraction of sp³-hybridized carbons (Fsp3) is 0. The Morgan fingerprint density at radius 2 is 1.40 bits per heavy atom. The largest absolute Gasteiger partial charge is 0.292 e. The summed E-state index contributed by atoms with van der Waals surface area (Å²) < 4.78 is 2.26. The zero-order valence-corrected chi connectivity index (χ0v) is 13.3. The highest BCUT2D eigenvalue weighted by Crippen LogP contribution is 2.34. The molecule has 0 N–H and O–H groups in total. The summed E-state index contributed by atoms with van der Waals surface area (Å²) in [6.07, 6.45) is 1.96. The van der Waals surface area contributed by atoms with Crippen LogP contribution >= 0.6 is 0 Å². The van der Waals surface area contributed by atoms with Gasteiger partial charge in [-0.25, -0.2) is 4.98 Å². The van der Waals surface area contributed by atoms with Gasteiger partial charge in [-0.1, -0.05) is 54.6 Å². The highest BCUT2D eigenvalue weighted by molar-refractivity contribution is 6.21. The van der Waals surface area contributed by atoms with Gasteiger partial charge in [0.1, 0.15) is 5.65 Å². The number of rotatable bonds is 0. The first kappa shape index (κ1) is 12.9. The lowest BCUT2D eigenvalue weighted by atomic mass is 10.0. The van der Waals surface area contributed by atoms with Crippen LogP contribution in [0.4, 0.5) is 0 Å². The number of fused-ring (bicyclic) bond motifs is 10. The topological polar surface area (TPSA) is 30.2 Å². The molecule has 0 aliphatic heterocycles. The van der Waals surface area contributed by atoms with Crippen LogP contribution in [0.3, 0.4) is 0 Å². The second-order valence-electron chi connectivity index (χ2n) is 6.35. The lowest BCUT2D eigenvalue weighted by Gasteiger charge is -2.10. The normalized spacial score (nSPS) is 12.0. The van der Waals surface area contributed by atoms with Crippen molar-refractivity contribution < 1.29 is 0 Å². The van der Waals surface area contributed by atoms with Crippen LogP contribution < -0.4 is 0 Å². The maximum atomic E-state index is 4.97. The van der Waals surface area contributed by atoms with Gasteiger partial charge in [-0.05, 0) is 23.6 Å². The molecule has 0 aliphatic carbocycles. The zero-order chi connectivity index (χ0) is 16.4. The van der Waals surface area contributed by atoms with E-state index in [1.54, 1.807) is 0 Å². The lowest BCUT2D eigenvalue weighted by Crippen LogP contribution is -1.93. The minimum Gasteiger partial charge on any atom is -0.292 e. The molecule has 0 fully saturated rings. The maximum absolute atomic E-state index is 4.97. The fourth-order valence-electron chi connectivity index (χ4n) is 3.90. The van der Waals surface area contributed by atoms with E-state index in [-0.39, 0.29) is 0 Å². The highest BCUT2D eigenvalue weighted by atomic mass is 15.0. The molecule has 6 aromatic rings. The van der Waals surface area contributed by atoms with Gasteiger partial charge in [-0.15, -0.1) is 0 Å². The SMILES string of the molecule is c1ccc2c(c1)cnc1c3ccccc3n3c4ccccc4nc3c21. The number of aromatic nitrogens is 3. The number of pyridine rings is 2. The number of hydrogen-bond donors (Lipinski definition) is 0. The molecule has 0 spiro atoms. The van der Waals surface area contributed by atoms with E-state index in [1.165, 1.54) is 5.39 Å². The van der Waals surface area contributed by atoms with Crippen LogP contribution in [0.5, 0.6) is 0 Å². The molecular weight excluding hydrogens is 306 g/mol. The molecule has 3 aromatic heterocycles. The Balaban J connectivity index is 2.08. The van der Waals surface area contributed by atoms with Crippen molar-refractivity contribution in [2.24, 2.45) is 0 Å². The second-order valence-corrected chi connectivity index (χ2v) is 6.35. The average Bonchev–Trinajstić information content (AvgIpc) is 3.07. The van der Waals surface area contributed by atoms with Crippen molar-refractivity contribution in [3.8, 4) is 0 Å². The summed E-state index contributed by atoms with van der Waals surface area (Å²) in [5.74, 6) is 0. The summed E-state index contributed by atoms with van der Waals surface area (Å²) in [7, 11) is 0. The van der Waals surface area contributed by atoms with Gasteiger partial charge in [0.05, 0.1) is 27.5 Å². The third-order valence-corrected chi connectivity index (χ3v) is 4.98. The van der Waals surface area contributed by atoms with Crippen molar-refractivity contribution >= 4 is 49.3 Å². The first-order valence-corrected chi connectivity index (χ1v) is 8.37. The van der Waals surface area contributed by atoms with E-state index in [2.05, 4.69) is 71.1 Å². The Kier molecular flexibility index (Phi) is 2.35. The Labute approximate surface area is 143 Å². The molecule has 3 heterocycles. The van der Waals surface area contributed by atoms with Crippen LogP contribution in [0.25, 0.3) is 49.3 Å². The van der Waals surface area contributed by atoms with Gasteiger partial charge < -0.3 is 0 Å². The van der Waals surface area contributed by atoms with Gasteiger partial charge in [0.2, 0.25) is 0 Å². The van der Waals surface area contributed by atoms with E-state index in [0.717, 1.165) is 43.9 Å². The van der Waals surface area contributed by atoms with E-state index >= 15 is 0 Å². The smallest absolute Gasteiger partial charge is 0.148 e. The van der Waals surface area contributed by atoms with E-state index < -0.39 is 0 Å². The molecule has 0 saturated heterocycles. The van der Waals surface area contributed by atoms with Gasteiger partial charge in [0.25, 0.3) is 0 Å². The fourth-order valence-corrected chi connectivity index (χ4v) is 3.90. The van der Waals surface area contributed by atoms with Crippen molar-refractivity contribution in [3.63, 3.8) is 0 Å². The first-order valence-electron chi connectivity index (χ1n) is 8.37. The van der Waals surface area contributed by atoms with Gasteiger partial charge in [0.15, 0.2) is 0 Å². The van der Waals surface area contributed by atoms with Gasteiger partial charge >= 0.3 is 0 Å². The molecule has 116 valence electrons. The van der Waals surface area contributed by atoms with Crippen LogP contribution in [0.2, 0.25) is 0 Å². The molecule has 3 aromatic carbocycles. The van der Waals surface area contributed by atoms with Crippen LogP contribution in [0, 0.1) is 0 Å². The van der Waals surface area contributed by atoms with Crippen molar-refractivity contribution in [2.45, 2.75) is 0 Å². The molecule has 0 aliphatic rings. The van der Waals surface area contributed by atoms with Crippen molar-refractivity contribution in [3.05, 3.63) is 79.0 Å². The quantitative estimate of drug-likeness (QED) is 0.354. The standard InChI is InChI=1S/C22H13N3/c1-2-8-15-14(7-1)13-23-21-16-9-3-5-11-18(16)25-19-12-6-4-10-17(19)24-22(25)20(15)21/h1-13H. The third kappa shape index (κ3) is 1.59. The summed E-state index contributed by atoms with van der Waals surface area (Å²) in [4.78, 5) is 9.77. The van der Waals surface area contributed by atoms with Crippen molar-refractivity contribution in [1.29, 1.82) is 0 Å². The van der Waals surface area contributed by atoms with E-state index in [4.69, 9.17) is 9.97 Å². The molecule has 3 nitrogen and oxygen atoms in total. The minimum atomic E-state index is 0.971. The van der Waals surface area contributed by atoms with Crippen molar-refractivity contribution in [1.82, 2.24) is 14.4 Å². The number of nitrogens with zero attached hydrogens (tertiary/aromatic N) is 3. The van der Waals surface area contributed by atoms with Crippen LogP contribution in [0.15, 0.2) is 79.0 Å². The van der Waals surface area contributed by atoms with Gasteiger partial charge in [-0.3, -0.25) is 9.38 Å². The molecule has 3 heteroatoms. The molecule has 0 saturated carbocycles. The Bertz CT molecular complexity index is 1440. The number of hydrogen-bond acceptors (Lipinski definition) is 2. The minimum absolute atomic E-state index is 0.971. The summed E-state index contributed by atoms with van der Waals surface area (Å²) in [6.45, 7) is 0. The summed E-state index contributed by atoms with van der Waals surface area (Å²) >= 11 is 0. The molecular formula is C22H13N3. The second kappa shape index (κ2) is 4.54. The number of para-hydroxylation sites is 3. The van der Waals surface area contributed by atoms with Gasteiger partial charge in [0, 0.05) is 17.0 Å². The van der Waals surface area contributed by atoms with E-state index in [9.17, 15) is 0 Å². The third-order valence-electron chi connectivity index (χ3n) is 4.98. The zero-order valence-electron chi connectivity index (χ0n) is 13.3. The molecule has 0 unspecified atom stereocenters. The van der Waals surface area contributed by atoms with Crippen molar-refractivity contribution in [2.75, 3.05) is 0 Å². The molecule has 25 heavy (non-hydrogen) atoms. The predicted molar refractivity (Wildman–Crippen MR) is 103 cm³/mol. The van der Waals surface area contributed by atoms with Crippen LogP contribution in [-0.2, 0) is 0 Å². The lowest BCUT2D eigenvalue weighted by molar-refractivity contribution is 1.31. The summed E-state index contributed by atoms with van der Waals surface area (Å²) in [6, 6.07) is 25.1. The van der Waals surface area contributed by atoms with Crippen LogP contribution in [-0.4, -0.2) is 14.4 Å². The molecule has 0 bridgehead atoms. The number of imidazole rings is 1. The molecule has 0 atom stereocenters.